The van der Waals surface area contributed by atoms with Crippen LogP contribution in [0.2, 0.25) is 0 Å². The normalized spacial score (nSPS) is 19.0. The minimum atomic E-state index is -0.783. The quantitative estimate of drug-likeness (QED) is 0.324. The number of nitrogens with two attached hydrogens (primary N) is 1. The van der Waals surface area contributed by atoms with E-state index in [1.54, 1.807) is 46.2 Å². The molecule has 2 amide bonds. The van der Waals surface area contributed by atoms with Crippen LogP contribution in [0, 0.1) is 11.6 Å². The lowest BCUT2D eigenvalue weighted by atomic mass is 9.92. The predicted molar refractivity (Wildman–Crippen MR) is 158 cm³/mol. The summed E-state index contributed by atoms with van der Waals surface area (Å²) in [5.74, 6) is -1.23. The maximum atomic E-state index is 14.2. The van der Waals surface area contributed by atoms with Crippen LogP contribution >= 0.6 is 0 Å². The topological polar surface area (TPSA) is 117 Å². The van der Waals surface area contributed by atoms with E-state index in [0.717, 1.165) is 34.8 Å². The Labute approximate surface area is 250 Å². The van der Waals surface area contributed by atoms with Crippen LogP contribution < -0.4 is 10.5 Å². The van der Waals surface area contributed by atoms with Gasteiger partial charge < -0.3 is 19.9 Å². The molecule has 0 unspecified atom stereocenters. The van der Waals surface area contributed by atoms with Gasteiger partial charge in [0, 0.05) is 24.4 Å². The van der Waals surface area contributed by atoms with Gasteiger partial charge in [0.25, 0.3) is 0 Å². The van der Waals surface area contributed by atoms with Crippen molar-refractivity contribution in [2.24, 2.45) is 5.73 Å². The SMILES string of the molecule is COc1ccc2nccc(CC[C@@H]3CC[C@@H](N(CC=Cc4cc(F)ccc4F)C(=O)OC(C)(C)C)[C@@H](CC(N)=O)O3)c2n1. The summed E-state index contributed by atoms with van der Waals surface area (Å²) in [5.41, 5.74) is 7.37. The molecule has 1 aromatic carbocycles. The average Bonchev–Trinajstić information content (AvgIpc) is 2.94. The van der Waals surface area contributed by atoms with Gasteiger partial charge in [-0.2, -0.15) is 0 Å². The van der Waals surface area contributed by atoms with Gasteiger partial charge >= 0.3 is 6.09 Å². The van der Waals surface area contributed by atoms with Crippen LogP contribution in [0.5, 0.6) is 5.88 Å². The van der Waals surface area contributed by atoms with Crippen molar-refractivity contribution < 1.29 is 32.6 Å². The van der Waals surface area contributed by atoms with Crippen molar-refractivity contribution in [1.82, 2.24) is 14.9 Å². The Morgan fingerprint density at radius 2 is 1.95 bits per heavy atom. The Bertz CT molecular complexity index is 1480. The summed E-state index contributed by atoms with van der Waals surface area (Å²) in [6.45, 7) is 5.28. The third kappa shape index (κ3) is 8.70. The molecule has 1 saturated heterocycles. The number of methoxy groups -OCH3 is 1. The number of nitrogens with zero attached hydrogens (tertiary/aromatic N) is 3. The van der Waals surface area contributed by atoms with Crippen LogP contribution in [0.4, 0.5) is 13.6 Å². The molecule has 1 aliphatic rings. The molecule has 11 heteroatoms. The zero-order valence-corrected chi connectivity index (χ0v) is 24.9. The Balaban J connectivity index is 1.52. The molecule has 1 fully saturated rings. The van der Waals surface area contributed by atoms with E-state index in [1.807, 2.05) is 12.1 Å². The molecule has 4 rings (SSSR count). The molecule has 3 atom stereocenters. The average molecular weight is 597 g/mol. The Hall–Kier alpha value is -4.12. The summed E-state index contributed by atoms with van der Waals surface area (Å²) < 4.78 is 45.2. The van der Waals surface area contributed by atoms with Crippen LogP contribution in [0.25, 0.3) is 17.1 Å². The highest BCUT2D eigenvalue weighted by Gasteiger charge is 2.39. The Kier molecular flexibility index (Phi) is 10.3. The molecule has 43 heavy (non-hydrogen) atoms. The minimum Gasteiger partial charge on any atom is -0.481 e. The Morgan fingerprint density at radius 3 is 2.67 bits per heavy atom. The fourth-order valence-electron chi connectivity index (χ4n) is 5.19. The molecule has 0 radical (unpaired) electrons. The van der Waals surface area contributed by atoms with Crippen molar-refractivity contribution in [3.05, 3.63) is 71.4 Å². The number of aryl methyl sites for hydroxylation is 1. The van der Waals surface area contributed by atoms with Gasteiger partial charge in [-0.15, -0.1) is 0 Å². The monoisotopic (exact) mass is 596 g/mol. The van der Waals surface area contributed by atoms with Crippen LogP contribution in [-0.4, -0.2) is 64.4 Å². The molecule has 2 aromatic heterocycles. The minimum absolute atomic E-state index is 0.0231. The second-order valence-electron chi connectivity index (χ2n) is 11.5. The van der Waals surface area contributed by atoms with Crippen molar-refractivity contribution in [3.8, 4) is 5.88 Å². The van der Waals surface area contributed by atoms with Crippen molar-refractivity contribution in [2.45, 2.75) is 76.7 Å². The van der Waals surface area contributed by atoms with E-state index in [4.69, 9.17) is 19.9 Å². The van der Waals surface area contributed by atoms with Crippen molar-refractivity contribution in [2.75, 3.05) is 13.7 Å². The third-order valence-corrected chi connectivity index (χ3v) is 7.16. The number of hydrogen-bond donors (Lipinski definition) is 1. The number of aromatic nitrogens is 2. The summed E-state index contributed by atoms with van der Waals surface area (Å²) in [6.07, 6.45) is 5.54. The molecule has 0 aliphatic carbocycles. The summed E-state index contributed by atoms with van der Waals surface area (Å²) in [4.78, 5) is 35.9. The molecule has 230 valence electrons. The van der Waals surface area contributed by atoms with Crippen LogP contribution in [-0.2, 0) is 20.7 Å². The number of halogens is 2. The van der Waals surface area contributed by atoms with E-state index in [-0.39, 0.29) is 24.6 Å². The van der Waals surface area contributed by atoms with Crippen LogP contribution in [0.1, 0.15) is 57.6 Å². The molecule has 1 aliphatic heterocycles. The molecule has 0 spiro atoms. The second-order valence-corrected chi connectivity index (χ2v) is 11.5. The van der Waals surface area contributed by atoms with Gasteiger partial charge in [0.15, 0.2) is 0 Å². The first-order valence-corrected chi connectivity index (χ1v) is 14.3. The highest BCUT2D eigenvalue weighted by Crippen LogP contribution is 2.30. The molecule has 3 heterocycles. The number of benzene rings is 1. The first kappa shape index (κ1) is 31.8. The molecular formula is C32H38F2N4O5. The van der Waals surface area contributed by atoms with Gasteiger partial charge in [-0.25, -0.2) is 18.6 Å². The van der Waals surface area contributed by atoms with E-state index in [2.05, 4.69) is 9.97 Å². The van der Waals surface area contributed by atoms with E-state index in [9.17, 15) is 18.4 Å². The van der Waals surface area contributed by atoms with E-state index in [0.29, 0.717) is 31.6 Å². The number of fused-ring (bicyclic) bond motifs is 1. The highest BCUT2D eigenvalue weighted by molar-refractivity contribution is 5.78. The number of carbonyl (C=O) groups is 2. The molecular weight excluding hydrogens is 558 g/mol. The summed E-state index contributed by atoms with van der Waals surface area (Å²) in [6, 6.07) is 8.16. The van der Waals surface area contributed by atoms with Gasteiger partial charge in [0.2, 0.25) is 11.8 Å². The van der Waals surface area contributed by atoms with Crippen LogP contribution in [0.15, 0.2) is 48.7 Å². The lowest BCUT2D eigenvalue weighted by Gasteiger charge is -2.42. The largest absolute Gasteiger partial charge is 0.481 e. The van der Waals surface area contributed by atoms with Gasteiger partial charge in [-0.1, -0.05) is 12.2 Å². The lowest BCUT2D eigenvalue weighted by molar-refractivity contribution is -0.131. The van der Waals surface area contributed by atoms with E-state index in [1.165, 1.54) is 11.0 Å². The number of pyridine rings is 2. The first-order valence-electron chi connectivity index (χ1n) is 14.3. The number of rotatable bonds is 10. The maximum absolute atomic E-state index is 14.2. The number of primary amides is 1. The number of carbonyl (C=O) groups excluding carboxylic acids is 2. The zero-order chi connectivity index (χ0) is 31.1. The summed E-state index contributed by atoms with van der Waals surface area (Å²) in [7, 11) is 1.56. The van der Waals surface area contributed by atoms with Gasteiger partial charge in [0.05, 0.1) is 42.8 Å². The van der Waals surface area contributed by atoms with Gasteiger partial charge in [-0.05, 0) is 82.3 Å². The number of ether oxygens (including phenoxy) is 3. The molecule has 0 saturated carbocycles. The second kappa shape index (κ2) is 13.9. The molecule has 9 nitrogen and oxygen atoms in total. The third-order valence-electron chi connectivity index (χ3n) is 7.16. The fourth-order valence-corrected chi connectivity index (χ4v) is 5.19. The predicted octanol–water partition coefficient (Wildman–Crippen LogP) is 5.59. The fraction of sp³-hybridized carbons (Fsp3) is 0.438. The van der Waals surface area contributed by atoms with Gasteiger partial charge in [-0.3, -0.25) is 14.7 Å². The molecule has 0 bridgehead atoms. The van der Waals surface area contributed by atoms with Crippen molar-refractivity contribution in [1.29, 1.82) is 0 Å². The molecule has 2 N–H and O–H groups in total. The highest BCUT2D eigenvalue weighted by atomic mass is 19.1. The van der Waals surface area contributed by atoms with E-state index < -0.39 is 41.4 Å². The van der Waals surface area contributed by atoms with Crippen molar-refractivity contribution >= 4 is 29.1 Å². The van der Waals surface area contributed by atoms with Crippen LogP contribution in [0.3, 0.4) is 0 Å². The maximum Gasteiger partial charge on any atom is 0.410 e. The van der Waals surface area contributed by atoms with Crippen molar-refractivity contribution in [3.63, 3.8) is 0 Å². The van der Waals surface area contributed by atoms with Gasteiger partial charge in [0.1, 0.15) is 17.2 Å². The zero-order valence-electron chi connectivity index (χ0n) is 24.9. The standard InChI is InChI=1S/C32H38F2N4O5/c1-32(2,3)43-31(40)38(17-5-6-21-18-22(33)8-11-24(21)34)26-13-10-23(42-27(26)19-28(35)39)9-7-20-15-16-36-25-12-14-29(41-4)37-30(20)25/h5-6,8,11-12,14-16,18,23,26-27H,7,9-10,13,17,19H2,1-4H3,(H2,35,39)/t23-,26-,27-/m1/s1. The number of amides is 2. The summed E-state index contributed by atoms with van der Waals surface area (Å²) >= 11 is 0. The smallest absolute Gasteiger partial charge is 0.410 e. The lowest BCUT2D eigenvalue weighted by Crippen LogP contribution is -2.54. The first-order chi connectivity index (χ1) is 20.4. The number of hydrogen-bond acceptors (Lipinski definition) is 7. The Morgan fingerprint density at radius 1 is 1.16 bits per heavy atom. The molecule has 3 aromatic rings. The van der Waals surface area contributed by atoms with E-state index >= 15 is 0 Å². The summed E-state index contributed by atoms with van der Waals surface area (Å²) in [5, 5.41) is 0.